The molecule has 0 spiro atoms. The number of ether oxygens (including phenoxy) is 3. The summed E-state index contributed by atoms with van der Waals surface area (Å²) in [6.45, 7) is -3.01. The summed E-state index contributed by atoms with van der Waals surface area (Å²) in [4.78, 5) is 15.9. The predicted molar refractivity (Wildman–Crippen MR) is 83.8 cm³/mol. The highest BCUT2D eigenvalue weighted by Gasteiger charge is 2.17. The minimum Gasteiger partial charge on any atom is -0.493 e. The summed E-state index contributed by atoms with van der Waals surface area (Å²) in [5.41, 5.74) is 0.966. The van der Waals surface area contributed by atoms with Gasteiger partial charge in [0.25, 0.3) is 0 Å². The van der Waals surface area contributed by atoms with Crippen molar-refractivity contribution in [2.24, 2.45) is 0 Å². The van der Waals surface area contributed by atoms with Crippen molar-refractivity contribution in [2.75, 3.05) is 14.2 Å². The number of carbonyl (C=O) groups is 1. The van der Waals surface area contributed by atoms with E-state index in [1.165, 1.54) is 44.7 Å². The standard InChI is InChI=1S/C17H15F2NO4/c1-22-14-8-11(9-15(23-2)16(14)24-17(18)19)5-6-13(21)12-4-3-7-20-10-12/h3-10,17H,1-2H3/b6-5+. The Labute approximate surface area is 137 Å². The molecule has 1 aromatic carbocycles. The number of hydrogen-bond acceptors (Lipinski definition) is 5. The molecule has 1 aromatic heterocycles. The number of aromatic nitrogens is 1. The molecular weight excluding hydrogens is 320 g/mol. The number of ketones is 1. The number of pyridine rings is 1. The molecule has 0 atom stereocenters. The first-order chi connectivity index (χ1) is 11.5. The molecule has 1 heterocycles. The van der Waals surface area contributed by atoms with Crippen molar-refractivity contribution in [2.45, 2.75) is 6.61 Å². The lowest BCUT2D eigenvalue weighted by molar-refractivity contribution is -0.0526. The van der Waals surface area contributed by atoms with Crippen LogP contribution in [0.15, 0.2) is 42.7 Å². The van der Waals surface area contributed by atoms with E-state index in [1.54, 1.807) is 18.3 Å². The third-order valence-electron chi connectivity index (χ3n) is 3.06. The second-order valence-corrected chi connectivity index (χ2v) is 4.57. The van der Waals surface area contributed by atoms with E-state index in [1.807, 2.05) is 0 Å². The Kier molecular flexibility index (Phi) is 5.83. The molecule has 24 heavy (non-hydrogen) atoms. The fourth-order valence-electron chi connectivity index (χ4n) is 1.98. The minimum absolute atomic E-state index is 0.0723. The van der Waals surface area contributed by atoms with Crippen LogP contribution in [0.4, 0.5) is 8.78 Å². The number of methoxy groups -OCH3 is 2. The highest BCUT2D eigenvalue weighted by Crippen LogP contribution is 2.39. The molecule has 7 heteroatoms. The van der Waals surface area contributed by atoms with Gasteiger partial charge in [0.1, 0.15) is 0 Å². The average molecular weight is 335 g/mol. The van der Waals surface area contributed by atoms with Crippen molar-refractivity contribution in [3.63, 3.8) is 0 Å². The molecule has 0 unspecified atom stereocenters. The van der Waals surface area contributed by atoms with Gasteiger partial charge in [-0.2, -0.15) is 8.78 Å². The highest BCUT2D eigenvalue weighted by molar-refractivity contribution is 6.06. The Hall–Kier alpha value is -2.96. The monoisotopic (exact) mass is 335 g/mol. The zero-order valence-electron chi connectivity index (χ0n) is 13.0. The zero-order chi connectivity index (χ0) is 17.5. The van der Waals surface area contributed by atoms with Crippen LogP contribution >= 0.6 is 0 Å². The number of hydrogen-bond donors (Lipinski definition) is 0. The van der Waals surface area contributed by atoms with Crippen molar-refractivity contribution in [3.05, 3.63) is 53.9 Å². The maximum atomic E-state index is 12.5. The number of allylic oxidation sites excluding steroid dienone is 1. The third-order valence-corrected chi connectivity index (χ3v) is 3.06. The van der Waals surface area contributed by atoms with Crippen molar-refractivity contribution < 1.29 is 27.8 Å². The molecule has 0 radical (unpaired) electrons. The molecule has 5 nitrogen and oxygen atoms in total. The molecule has 0 amide bonds. The first kappa shape index (κ1) is 17.4. The number of benzene rings is 1. The zero-order valence-corrected chi connectivity index (χ0v) is 13.0. The summed E-state index contributed by atoms with van der Waals surface area (Å²) in [6.07, 6.45) is 5.89. The Balaban J connectivity index is 2.30. The van der Waals surface area contributed by atoms with Crippen molar-refractivity contribution in [3.8, 4) is 17.2 Å². The van der Waals surface area contributed by atoms with Crippen molar-refractivity contribution in [1.29, 1.82) is 0 Å². The lowest BCUT2D eigenvalue weighted by Crippen LogP contribution is -2.05. The molecule has 2 aromatic rings. The van der Waals surface area contributed by atoms with E-state index in [2.05, 4.69) is 9.72 Å². The van der Waals surface area contributed by atoms with E-state index >= 15 is 0 Å². The summed E-state index contributed by atoms with van der Waals surface area (Å²) in [7, 11) is 2.64. The Morgan fingerprint density at radius 1 is 1.21 bits per heavy atom. The second-order valence-electron chi connectivity index (χ2n) is 4.57. The summed E-state index contributed by atoms with van der Waals surface area (Å²) < 4.78 is 39.5. The lowest BCUT2D eigenvalue weighted by atomic mass is 10.1. The van der Waals surface area contributed by atoms with Gasteiger partial charge < -0.3 is 14.2 Å². The normalized spacial score (nSPS) is 10.9. The summed E-state index contributed by atoms with van der Waals surface area (Å²) in [5.74, 6) is -0.300. The fourth-order valence-corrected chi connectivity index (χ4v) is 1.98. The highest BCUT2D eigenvalue weighted by atomic mass is 19.3. The fraction of sp³-hybridized carbons (Fsp3) is 0.176. The topological polar surface area (TPSA) is 57.7 Å². The van der Waals surface area contributed by atoms with Gasteiger partial charge in [-0.3, -0.25) is 9.78 Å². The molecule has 2 rings (SSSR count). The van der Waals surface area contributed by atoms with Gasteiger partial charge in [0.2, 0.25) is 5.75 Å². The minimum atomic E-state index is -3.01. The molecule has 0 aliphatic carbocycles. The first-order valence-corrected chi connectivity index (χ1v) is 6.88. The Morgan fingerprint density at radius 3 is 2.38 bits per heavy atom. The van der Waals surface area contributed by atoms with Gasteiger partial charge in [0, 0.05) is 18.0 Å². The molecule has 0 N–H and O–H groups in total. The first-order valence-electron chi connectivity index (χ1n) is 6.88. The van der Waals surface area contributed by atoms with Crippen LogP contribution < -0.4 is 14.2 Å². The number of nitrogens with zero attached hydrogens (tertiary/aromatic N) is 1. The van der Waals surface area contributed by atoms with Crippen molar-refractivity contribution in [1.82, 2.24) is 4.98 Å². The third kappa shape index (κ3) is 4.28. The van der Waals surface area contributed by atoms with E-state index in [4.69, 9.17) is 9.47 Å². The summed E-state index contributed by atoms with van der Waals surface area (Å²) in [6, 6.07) is 6.23. The molecule has 0 aliphatic rings. The van der Waals surface area contributed by atoms with E-state index < -0.39 is 6.61 Å². The molecule has 126 valence electrons. The number of carbonyl (C=O) groups excluding carboxylic acids is 1. The van der Waals surface area contributed by atoms with Crippen LogP contribution in [0.5, 0.6) is 17.2 Å². The summed E-state index contributed by atoms with van der Waals surface area (Å²) >= 11 is 0. The van der Waals surface area contributed by atoms with Gasteiger partial charge in [-0.05, 0) is 35.9 Å². The van der Waals surface area contributed by atoms with E-state index in [-0.39, 0.29) is 23.0 Å². The van der Waals surface area contributed by atoms with E-state index in [0.717, 1.165) is 0 Å². The lowest BCUT2D eigenvalue weighted by Gasteiger charge is -2.14. The Bertz CT molecular complexity index is 708. The predicted octanol–water partition coefficient (Wildman–Crippen LogP) is 3.60. The van der Waals surface area contributed by atoms with E-state index in [0.29, 0.717) is 11.1 Å². The van der Waals surface area contributed by atoms with Gasteiger partial charge in [-0.15, -0.1) is 0 Å². The van der Waals surface area contributed by atoms with Crippen LogP contribution in [0.3, 0.4) is 0 Å². The van der Waals surface area contributed by atoms with Crippen LogP contribution in [0.2, 0.25) is 0 Å². The van der Waals surface area contributed by atoms with Gasteiger partial charge in [-0.1, -0.05) is 6.08 Å². The summed E-state index contributed by atoms with van der Waals surface area (Å²) in [5, 5.41) is 0. The van der Waals surface area contributed by atoms with Gasteiger partial charge in [-0.25, -0.2) is 0 Å². The quantitative estimate of drug-likeness (QED) is 0.572. The van der Waals surface area contributed by atoms with Crippen LogP contribution in [0.1, 0.15) is 15.9 Å². The van der Waals surface area contributed by atoms with Crippen LogP contribution in [0.25, 0.3) is 6.08 Å². The maximum Gasteiger partial charge on any atom is 0.387 e. The molecule has 0 fully saturated rings. The largest absolute Gasteiger partial charge is 0.493 e. The van der Waals surface area contributed by atoms with Crippen LogP contribution in [0, 0.1) is 0 Å². The van der Waals surface area contributed by atoms with Gasteiger partial charge in [0.05, 0.1) is 14.2 Å². The van der Waals surface area contributed by atoms with Crippen molar-refractivity contribution >= 4 is 11.9 Å². The SMILES string of the molecule is COc1cc(/C=C/C(=O)c2cccnc2)cc(OC)c1OC(F)F. The molecule has 0 saturated heterocycles. The maximum absolute atomic E-state index is 12.5. The van der Waals surface area contributed by atoms with E-state index in [9.17, 15) is 13.6 Å². The van der Waals surface area contributed by atoms with Crippen LogP contribution in [-0.4, -0.2) is 31.6 Å². The van der Waals surface area contributed by atoms with Crippen LogP contribution in [-0.2, 0) is 0 Å². The number of alkyl halides is 2. The number of halogens is 2. The smallest absolute Gasteiger partial charge is 0.387 e. The molecule has 0 aliphatic heterocycles. The second kappa shape index (κ2) is 8.05. The average Bonchev–Trinajstić information content (AvgIpc) is 2.60. The molecular formula is C17H15F2NO4. The Morgan fingerprint density at radius 2 is 1.88 bits per heavy atom. The van der Waals surface area contributed by atoms with Gasteiger partial charge >= 0.3 is 6.61 Å². The number of rotatable bonds is 7. The molecule has 0 saturated carbocycles. The molecule has 0 bridgehead atoms. The van der Waals surface area contributed by atoms with Gasteiger partial charge in [0.15, 0.2) is 17.3 Å².